The summed E-state index contributed by atoms with van der Waals surface area (Å²) in [4.78, 5) is 11.8. The fraction of sp³-hybridized carbons (Fsp3) is 0.333. The van der Waals surface area contributed by atoms with Crippen molar-refractivity contribution in [2.45, 2.75) is 19.5 Å². The quantitative estimate of drug-likeness (QED) is 0.849. The van der Waals surface area contributed by atoms with Crippen LogP contribution in [-0.2, 0) is 17.9 Å². The van der Waals surface area contributed by atoms with Crippen molar-refractivity contribution >= 4 is 17.5 Å². The van der Waals surface area contributed by atoms with Crippen LogP contribution in [0, 0.1) is 0 Å². The van der Waals surface area contributed by atoms with E-state index in [1.807, 2.05) is 18.2 Å². The summed E-state index contributed by atoms with van der Waals surface area (Å²) in [6.07, 6.45) is 3.57. The van der Waals surface area contributed by atoms with Gasteiger partial charge in [-0.3, -0.25) is 9.48 Å². The number of methoxy groups -OCH3 is 2. The highest BCUT2D eigenvalue weighted by Gasteiger charge is 2.06. The van der Waals surface area contributed by atoms with E-state index in [9.17, 15) is 4.79 Å². The molecule has 0 unspecified atom stereocenters. The Hall–Kier alpha value is -2.21. The smallest absolute Gasteiger partial charge is 0.222 e. The molecule has 2 rings (SSSR count). The van der Waals surface area contributed by atoms with Crippen molar-refractivity contribution in [3.8, 4) is 11.5 Å². The second-order valence-corrected chi connectivity index (χ2v) is 5.07. The Kier molecular flexibility index (Phi) is 5.66. The van der Waals surface area contributed by atoms with Crippen molar-refractivity contribution in [3.05, 3.63) is 41.2 Å². The summed E-state index contributed by atoms with van der Waals surface area (Å²) >= 11 is 5.76. The largest absolute Gasteiger partial charge is 0.493 e. The Bertz CT molecular complexity index is 643. The number of nitrogens with zero attached hydrogens (tertiary/aromatic N) is 2. The van der Waals surface area contributed by atoms with Crippen molar-refractivity contribution in [1.29, 1.82) is 0 Å². The molecule has 0 saturated heterocycles. The number of aryl methyl sites for hydroxylation is 1. The summed E-state index contributed by atoms with van der Waals surface area (Å²) in [5.41, 5.74) is 0.938. The van der Waals surface area contributed by atoms with Crippen molar-refractivity contribution in [2.24, 2.45) is 0 Å². The van der Waals surface area contributed by atoms with Crippen molar-refractivity contribution in [2.75, 3.05) is 14.2 Å². The van der Waals surface area contributed by atoms with Crippen molar-refractivity contribution in [3.63, 3.8) is 0 Å². The lowest BCUT2D eigenvalue weighted by Gasteiger charge is -2.10. The van der Waals surface area contributed by atoms with Gasteiger partial charge in [0.05, 0.1) is 25.4 Å². The van der Waals surface area contributed by atoms with Crippen LogP contribution in [0.2, 0.25) is 5.02 Å². The monoisotopic (exact) mass is 323 g/mol. The zero-order valence-corrected chi connectivity index (χ0v) is 13.3. The molecule has 118 valence electrons. The molecule has 0 aliphatic carbocycles. The molecule has 0 aliphatic rings. The summed E-state index contributed by atoms with van der Waals surface area (Å²) < 4.78 is 12.0. The molecule has 2 aromatic rings. The molecule has 22 heavy (non-hydrogen) atoms. The number of amides is 1. The average Bonchev–Trinajstić information content (AvgIpc) is 2.96. The maximum absolute atomic E-state index is 11.8. The van der Waals surface area contributed by atoms with Crippen LogP contribution in [0.5, 0.6) is 11.5 Å². The molecule has 0 atom stereocenters. The zero-order chi connectivity index (χ0) is 15.9. The molecule has 0 fully saturated rings. The third-order valence-corrected chi connectivity index (χ3v) is 3.30. The fourth-order valence-corrected chi connectivity index (χ4v) is 2.11. The molecule has 0 bridgehead atoms. The number of ether oxygens (including phenoxy) is 2. The standard InChI is InChI=1S/C15H18ClN3O3/c1-21-13-4-3-11(7-14(13)22-2)8-17-15(20)5-6-19-10-12(16)9-18-19/h3-4,7,9-10H,5-6,8H2,1-2H3,(H,17,20). The molecule has 0 radical (unpaired) electrons. The Morgan fingerprint density at radius 2 is 2.09 bits per heavy atom. The van der Waals surface area contributed by atoms with Crippen LogP contribution in [0.3, 0.4) is 0 Å². The maximum Gasteiger partial charge on any atom is 0.222 e. The van der Waals surface area contributed by atoms with E-state index in [0.29, 0.717) is 36.0 Å². The minimum absolute atomic E-state index is 0.0543. The van der Waals surface area contributed by atoms with Crippen LogP contribution in [0.1, 0.15) is 12.0 Å². The minimum Gasteiger partial charge on any atom is -0.493 e. The molecule has 1 aromatic carbocycles. The van der Waals surface area contributed by atoms with Crippen LogP contribution < -0.4 is 14.8 Å². The van der Waals surface area contributed by atoms with Crippen LogP contribution in [0.4, 0.5) is 0 Å². The van der Waals surface area contributed by atoms with Gasteiger partial charge in [0, 0.05) is 25.7 Å². The van der Waals surface area contributed by atoms with E-state index in [4.69, 9.17) is 21.1 Å². The number of nitrogens with one attached hydrogen (secondary N) is 1. The topological polar surface area (TPSA) is 65.4 Å². The molecule has 6 nitrogen and oxygen atoms in total. The van der Waals surface area contributed by atoms with Crippen molar-refractivity contribution < 1.29 is 14.3 Å². The van der Waals surface area contributed by atoms with Crippen LogP contribution in [0.25, 0.3) is 0 Å². The third-order valence-electron chi connectivity index (χ3n) is 3.11. The number of carbonyl (C=O) groups is 1. The lowest BCUT2D eigenvalue weighted by atomic mass is 10.2. The van der Waals surface area contributed by atoms with E-state index in [1.165, 1.54) is 0 Å². The number of hydrogen-bond acceptors (Lipinski definition) is 4. The van der Waals surface area contributed by atoms with E-state index in [2.05, 4.69) is 10.4 Å². The molecule has 0 aliphatic heterocycles. The summed E-state index contributed by atoms with van der Waals surface area (Å²) in [7, 11) is 3.16. The number of benzene rings is 1. The van der Waals surface area contributed by atoms with E-state index in [-0.39, 0.29) is 5.91 Å². The van der Waals surface area contributed by atoms with Gasteiger partial charge in [0.1, 0.15) is 0 Å². The first-order chi connectivity index (χ1) is 10.6. The summed E-state index contributed by atoms with van der Waals surface area (Å²) in [6, 6.07) is 5.54. The number of hydrogen-bond donors (Lipinski definition) is 1. The van der Waals surface area contributed by atoms with Gasteiger partial charge in [-0.05, 0) is 17.7 Å². The Morgan fingerprint density at radius 3 is 2.73 bits per heavy atom. The lowest BCUT2D eigenvalue weighted by Crippen LogP contribution is -2.24. The summed E-state index contributed by atoms with van der Waals surface area (Å²) in [5.74, 6) is 1.25. The molecule has 1 aromatic heterocycles. The summed E-state index contributed by atoms with van der Waals surface area (Å²) in [5, 5.41) is 7.44. The van der Waals surface area contributed by atoms with Crippen LogP contribution in [0.15, 0.2) is 30.6 Å². The molecule has 0 saturated carbocycles. The van der Waals surface area contributed by atoms with Gasteiger partial charge in [0.15, 0.2) is 11.5 Å². The van der Waals surface area contributed by atoms with Crippen molar-refractivity contribution in [1.82, 2.24) is 15.1 Å². The maximum atomic E-state index is 11.8. The highest BCUT2D eigenvalue weighted by molar-refractivity contribution is 6.30. The van der Waals surface area contributed by atoms with E-state index in [0.717, 1.165) is 5.56 Å². The number of rotatable bonds is 7. The van der Waals surface area contributed by atoms with Gasteiger partial charge in [-0.2, -0.15) is 5.10 Å². The number of carbonyl (C=O) groups excluding carboxylic acids is 1. The first kappa shape index (κ1) is 16.2. The number of halogens is 1. The molecular formula is C15H18ClN3O3. The van der Waals surface area contributed by atoms with Gasteiger partial charge in [0.25, 0.3) is 0 Å². The van der Waals surface area contributed by atoms with Gasteiger partial charge >= 0.3 is 0 Å². The Labute approximate surface area is 134 Å². The van der Waals surface area contributed by atoms with Crippen LogP contribution in [-0.4, -0.2) is 29.9 Å². The Morgan fingerprint density at radius 1 is 1.32 bits per heavy atom. The number of aromatic nitrogens is 2. The molecular weight excluding hydrogens is 306 g/mol. The first-order valence-electron chi connectivity index (χ1n) is 6.78. The SMILES string of the molecule is COc1ccc(CNC(=O)CCn2cc(Cl)cn2)cc1OC. The van der Waals surface area contributed by atoms with Gasteiger partial charge in [-0.15, -0.1) is 0 Å². The first-order valence-corrected chi connectivity index (χ1v) is 7.15. The second-order valence-electron chi connectivity index (χ2n) is 4.64. The fourth-order valence-electron chi connectivity index (χ4n) is 1.96. The third kappa shape index (κ3) is 4.39. The predicted molar refractivity (Wildman–Crippen MR) is 83.2 cm³/mol. The van der Waals surface area contributed by atoms with Gasteiger partial charge < -0.3 is 14.8 Å². The van der Waals surface area contributed by atoms with Gasteiger partial charge in [-0.25, -0.2) is 0 Å². The van der Waals surface area contributed by atoms with E-state index in [1.54, 1.807) is 31.3 Å². The predicted octanol–water partition coefficient (Wildman–Crippen LogP) is 2.26. The minimum atomic E-state index is -0.0543. The van der Waals surface area contributed by atoms with Gasteiger partial charge in [-0.1, -0.05) is 17.7 Å². The molecule has 1 heterocycles. The lowest BCUT2D eigenvalue weighted by molar-refractivity contribution is -0.121. The molecule has 7 heteroatoms. The highest BCUT2D eigenvalue weighted by atomic mass is 35.5. The Balaban J connectivity index is 1.83. The van der Waals surface area contributed by atoms with Crippen LogP contribution >= 0.6 is 11.6 Å². The average molecular weight is 324 g/mol. The molecule has 0 spiro atoms. The normalized spacial score (nSPS) is 10.3. The molecule has 1 amide bonds. The highest BCUT2D eigenvalue weighted by Crippen LogP contribution is 2.27. The van der Waals surface area contributed by atoms with Gasteiger partial charge in [0.2, 0.25) is 5.91 Å². The van der Waals surface area contributed by atoms with E-state index < -0.39 is 0 Å². The molecule has 1 N–H and O–H groups in total. The zero-order valence-electron chi connectivity index (χ0n) is 12.5. The second kappa shape index (κ2) is 7.70. The van der Waals surface area contributed by atoms with E-state index >= 15 is 0 Å². The summed E-state index contributed by atoms with van der Waals surface area (Å²) in [6.45, 7) is 0.920.